The number of aryl methyl sites for hydroxylation is 4. The molecule has 0 aliphatic heterocycles. The predicted octanol–water partition coefficient (Wildman–Crippen LogP) is 4.02. The number of benzene rings is 2. The molecule has 4 aromatic rings. The van der Waals surface area contributed by atoms with E-state index in [1.165, 1.54) is 4.57 Å². The largest absolute Gasteiger partial charge is 0.333 e. The fourth-order valence-electron chi connectivity index (χ4n) is 4.55. The molecule has 0 aliphatic carbocycles. The third-order valence-corrected chi connectivity index (χ3v) is 6.36. The average molecular weight is 488 g/mol. The van der Waals surface area contributed by atoms with Crippen molar-refractivity contribution in [2.24, 2.45) is 5.92 Å². The number of hydrogen-bond donors (Lipinski definition) is 1. The molecule has 0 saturated carbocycles. The molecule has 4 rings (SSSR count). The van der Waals surface area contributed by atoms with Gasteiger partial charge < -0.3 is 9.88 Å². The molecule has 0 spiro atoms. The summed E-state index contributed by atoms with van der Waals surface area (Å²) in [5.74, 6) is 0.00905. The number of carbonyl (C=O) groups is 1. The lowest BCUT2D eigenvalue weighted by atomic mass is 10.1. The molecule has 8 nitrogen and oxygen atoms in total. The SMILES string of the molecule is Cc1cc(C)c(NC(=O)Cn2c(=O)c3c(ncn3CCC(C)C)n(Cc3ccccc3)c2=O)c(C)c1. The van der Waals surface area contributed by atoms with E-state index in [-0.39, 0.29) is 13.1 Å². The van der Waals surface area contributed by atoms with Gasteiger partial charge >= 0.3 is 5.69 Å². The van der Waals surface area contributed by atoms with Gasteiger partial charge in [0.1, 0.15) is 6.54 Å². The van der Waals surface area contributed by atoms with Crippen molar-refractivity contribution >= 4 is 22.8 Å². The van der Waals surface area contributed by atoms with Crippen molar-refractivity contribution in [3.8, 4) is 0 Å². The second-order valence-electron chi connectivity index (χ2n) is 9.86. The van der Waals surface area contributed by atoms with Gasteiger partial charge in [-0.15, -0.1) is 0 Å². The molecule has 0 atom stereocenters. The van der Waals surface area contributed by atoms with Crippen molar-refractivity contribution in [1.29, 1.82) is 0 Å². The third-order valence-electron chi connectivity index (χ3n) is 6.36. The molecule has 188 valence electrons. The minimum absolute atomic E-state index is 0.245. The maximum absolute atomic E-state index is 13.6. The molecule has 2 heterocycles. The molecule has 2 aromatic carbocycles. The van der Waals surface area contributed by atoms with Crippen molar-refractivity contribution < 1.29 is 4.79 Å². The molecule has 1 amide bonds. The number of amides is 1. The first-order chi connectivity index (χ1) is 17.2. The number of aromatic nitrogens is 4. The summed E-state index contributed by atoms with van der Waals surface area (Å²) in [7, 11) is 0. The van der Waals surface area contributed by atoms with E-state index in [2.05, 4.69) is 24.1 Å². The molecular formula is C28H33N5O3. The Morgan fingerprint density at radius 2 is 1.67 bits per heavy atom. The zero-order chi connectivity index (χ0) is 26.0. The second kappa shape index (κ2) is 10.4. The molecule has 0 saturated heterocycles. The highest BCUT2D eigenvalue weighted by atomic mass is 16.2. The highest BCUT2D eigenvalue weighted by molar-refractivity contribution is 5.92. The lowest BCUT2D eigenvalue weighted by molar-refractivity contribution is -0.116. The normalized spacial score (nSPS) is 11.4. The van der Waals surface area contributed by atoms with E-state index >= 15 is 0 Å². The summed E-state index contributed by atoms with van der Waals surface area (Å²) in [5.41, 5.74) is 4.16. The van der Waals surface area contributed by atoms with Gasteiger partial charge in [0.25, 0.3) is 5.56 Å². The smallest absolute Gasteiger partial charge is 0.325 e. The van der Waals surface area contributed by atoms with Crippen LogP contribution in [0.4, 0.5) is 5.69 Å². The van der Waals surface area contributed by atoms with Gasteiger partial charge in [-0.25, -0.2) is 14.3 Å². The van der Waals surface area contributed by atoms with Gasteiger partial charge in [0.05, 0.1) is 12.9 Å². The molecule has 0 aliphatic rings. The Kier molecular flexibility index (Phi) is 7.24. The average Bonchev–Trinajstić information content (AvgIpc) is 3.25. The van der Waals surface area contributed by atoms with Crippen LogP contribution in [0.25, 0.3) is 11.2 Å². The summed E-state index contributed by atoms with van der Waals surface area (Å²) < 4.78 is 4.29. The van der Waals surface area contributed by atoms with Gasteiger partial charge in [-0.3, -0.25) is 14.2 Å². The van der Waals surface area contributed by atoms with Gasteiger partial charge in [-0.2, -0.15) is 0 Å². The summed E-state index contributed by atoms with van der Waals surface area (Å²) in [6.45, 7) is 10.5. The molecule has 1 N–H and O–H groups in total. The van der Waals surface area contributed by atoms with Gasteiger partial charge in [0, 0.05) is 12.2 Å². The van der Waals surface area contributed by atoms with E-state index in [1.807, 2.05) is 63.2 Å². The van der Waals surface area contributed by atoms with Gasteiger partial charge in [0.15, 0.2) is 11.2 Å². The van der Waals surface area contributed by atoms with Gasteiger partial charge in [-0.05, 0) is 49.8 Å². The fourth-order valence-corrected chi connectivity index (χ4v) is 4.55. The number of nitrogens with zero attached hydrogens (tertiary/aromatic N) is 4. The van der Waals surface area contributed by atoms with E-state index in [0.717, 1.165) is 33.2 Å². The fraction of sp³-hybridized carbons (Fsp3) is 0.357. The molecule has 0 fully saturated rings. The topological polar surface area (TPSA) is 90.9 Å². The first-order valence-electron chi connectivity index (χ1n) is 12.3. The molecule has 2 aromatic heterocycles. The summed E-state index contributed by atoms with van der Waals surface area (Å²) >= 11 is 0. The Hall–Kier alpha value is -3.94. The molecular weight excluding hydrogens is 454 g/mol. The van der Waals surface area contributed by atoms with E-state index in [9.17, 15) is 14.4 Å². The van der Waals surface area contributed by atoms with Gasteiger partial charge in [-0.1, -0.05) is 61.9 Å². The molecule has 0 bridgehead atoms. The number of rotatable bonds is 8. The number of carbonyl (C=O) groups excluding carboxylic acids is 1. The number of fused-ring (bicyclic) bond motifs is 1. The van der Waals surface area contributed by atoms with Crippen LogP contribution in [0.3, 0.4) is 0 Å². The standard InChI is InChI=1S/C28H33N5O3/c1-18(2)11-12-31-17-29-26-25(31)27(35)33(28(36)32(26)15-22-9-7-6-8-10-22)16-23(34)30-24-20(4)13-19(3)14-21(24)5/h6-10,13-14,17-18H,11-12,15-16H2,1-5H3,(H,30,34). The monoisotopic (exact) mass is 487 g/mol. The Morgan fingerprint density at radius 3 is 2.31 bits per heavy atom. The minimum atomic E-state index is -0.557. The summed E-state index contributed by atoms with van der Waals surface area (Å²) in [5, 5.41) is 2.91. The van der Waals surface area contributed by atoms with Gasteiger partial charge in [0.2, 0.25) is 5.91 Å². The van der Waals surface area contributed by atoms with E-state index in [4.69, 9.17) is 0 Å². The minimum Gasteiger partial charge on any atom is -0.325 e. The molecule has 36 heavy (non-hydrogen) atoms. The van der Waals surface area contributed by atoms with E-state index < -0.39 is 17.2 Å². The van der Waals surface area contributed by atoms with Crippen LogP contribution in [-0.4, -0.2) is 24.6 Å². The predicted molar refractivity (Wildman–Crippen MR) is 143 cm³/mol. The van der Waals surface area contributed by atoms with Crippen LogP contribution in [0.15, 0.2) is 58.4 Å². The third kappa shape index (κ3) is 5.17. The maximum Gasteiger partial charge on any atom is 0.333 e. The highest BCUT2D eigenvalue weighted by Gasteiger charge is 2.20. The molecule has 0 radical (unpaired) electrons. The van der Waals surface area contributed by atoms with Crippen molar-refractivity contribution in [2.75, 3.05) is 5.32 Å². The second-order valence-corrected chi connectivity index (χ2v) is 9.86. The summed E-state index contributed by atoms with van der Waals surface area (Å²) in [6, 6.07) is 13.5. The Bertz CT molecular complexity index is 1500. The van der Waals surface area contributed by atoms with Crippen LogP contribution in [0, 0.1) is 26.7 Å². The molecule has 8 heteroatoms. The van der Waals surface area contributed by atoms with Crippen LogP contribution in [-0.2, 0) is 24.4 Å². The Labute approximate surface area is 210 Å². The van der Waals surface area contributed by atoms with Crippen molar-refractivity contribution in [1.82, 2.24) is 18.7 Å². The van der Waals surface area contributed by atoms with E-state index in [0.29, 0.717) is 29.3 Å². The van der Waals surface area contributed by atoms with Crippen LogP contribution >= 0.6 is 0 Å². The zero-order valence-electron chi connectivity index (χ0n) is 21.5. The summed E-state index contributed by atoms with van der Waals surface area (Å²) in [6.07, 6.45) is 2.47. The highest BCUT2D eigenvalue weighted by Crippen LogP contribution is 2.22. The quantitative estimate of drug-likeness (QED) is 0.406. The number of anilines is 1. The molecule has 0 unspecified atom stereocenters. The van der Waals surface area contributed by atoms with Crippen molar-refractivity contribution in [2.45, 2.75) is 60.7 Å². The lowest BCUT2D eigenvalue weighted by Gasteiger charge is -2.15. The first kappa shape index (κ1) is 25.2. The summed E-state index contributed by atoms with van der Waals surface area (Å²) in [4.78, 5) is 44.6. The first-order valence-corrected chi connectivity index (χ1v) is 12.3. The number of imidazole rings is 1. The van der Waals surface area contributed by atoms with Crippen LogP contribution in [0.5, 0.6) is 0 Å². The maximum atomic E-state index is 13.6. The number of hydrogen-bond acceptors (Lipinski definition) is 4. The zero-order valence-corrected chi connectivity index (χ0v) is 21.5. The van der Waals surface area contributed by atoms with Crippen LogP contribution < -0.4 is 16.6 Å². The van der Waals surface area contributed by atoms with Crippen molar-refractivity contribution in [3.63, 3.8) is 0 Å². The lowest BCUT2D eigenvalue weighted by Crippen LogP contribution is -2.43. The van der Waals surface area contributed by atoms with Crippen molar-refractivity contribution in [3.05, 3.63) is 91.9 Å². The number of nitrogens with one attached hydrogen (secondary N) is 1. The van der Waals surface area contributed by atoms with Crippen LogP contribution in [0.2, 0.25) is 0 Å². The van der Waals surface area contributed by atoms with Crippen LogP contribution in [0.1, 0.15) is 42.5 Å². The Balaban J connectivity index is 1.78. The Morgan fingerprint density at radius 1 is 1.00 bits per heavy atom. The van der Waals surface area contributed by atoms with E-state index in [1.54, 1.807) is 10.9 Å².